The van der Waals surface area contributed by atoms with Crippen LogP contribution in [0.25, 0.3) is 0 Å². The fourth-order valence-corrected chi connectivity index (χ4v) is 0.704. The van der Waals surface area contributed by atoms with Gasteiger partial charge in [0.25, 0.3) is 0 Å². The molecule has 7 heavy (non-hydrogen) atoms. The Bertz CT molecular complexity index is 86.2. The molecule has 1 aliphatic rings. The third-order valence-corrected chi connectivity index (χ3v) is 1.33. The van der Waals surface area contributed by atoms with Gasteiger partial charge in [-0.15, -0.1) is 0 Å². The van der Waals surface area contributed by atoms with E-state index in [0.717, 1.165) is 0 Å². The molecule has 1 saturated carbocycles. The van der Waals surface area contributed by atoms with E-state index in [9.17, 15) is 0 Å². The van der Waals surface area contributed by atoms with Crippen LogP contribution in [0.2, 0.25) is 0 Å². The minimum Gasteiger partial charge on any atom is -0.327 e. The van der Waals surface area contributed by atoms with E-state index in [1.807, 2.05) is 6.92 Å². The molecule has 1 aliphatic carbocycles. The molecule has 1 nitrogen and oxygen atoms in total. The first kappa shape index (κ1) is 4.85. The van der Waals surface area contributed by atoms with Gasteiger partial charge in [0.15, 0.2) is 0 Å². The van der Waals surface area contributed by atoms with Gasteiger partial charge in [-0.25, -0.2) is 0 Å². The summed E-state index contributed by atoms with van der Waals surface area (Å²) in [6.45, 7) is 2.03. The van der Waals surface area contributed by atoms with E-state index in [4.69, 9.17) is 5.73 Å². The van der Waals surface area contributed by atoms with Crippen molar-refractivity contribution in [3.8, 4) is 0 Å². The summed E-state index contributed by atoms with van der Waals surface area (Å²) in [6.07, 6.45) is 5.44. The van der Waals surface area contributed by atoms with Crippen LogP contribution in [0.5, 0.6) is 0 Å². The van der Waals surface area contributed by atoms with Gasteiger partial charge in [0.1, 0.15) is 0 Å². The highest BCUT2D eigenvalue weighted by Crippen LogP contribution is 2.28. The number of hydrogen-bond acceptors (Lipinski definition) is 1. The van der Waals surface area contributed by atoms with Gasteiger partial charge in [0, 0.05) is 6.04 Å². The van der Waals surface area contributed by atoms with E-state index >= 15 is 0 Å². The Morgan fingerprint density at radius 3 is 2.43 bits per heavy atom. The molecule has 0 aliphatic heterocycles. The maximum Gasteiger partial charge on any atom is 0.0109 e. The Balaban J connectivity index is 2.21. The monoisotopic (exact) mass is 97.1 g/mol. The Kier molecular flexibility index (Phi) is 1.15. The highest BCUT2D eigenvalue weighted by molar-refractivity contribution is 5.03. The maximum absolute atomic E-state index is 5.50. The van der Waals surface area contributed by atoms with Gasteiger partial charge in [-0.05, 0) is 19.3 Å². The zero-order chi connectivity index (χ0) is 5.28. The van der Waals surface area contributed by atoms with Gasteiger partial charge in [-0.2, -0.15) is 0 Å². The molecule has 0 aromatic rings. The van der Waals surface area contributed by atoms with E-state index < -0.39 is 0 Å². The molecule has 0 radical (unpaired) electrons. The minimum absolute atomic E-state index is 0.483. The van der Waals surface area contributed by atoms with Crippen molar-refractivity contribution in [2.75, 3.05) is 0 Å². The van der Waals surface area contributed by atoms with Gasteiger partial charge >= 0.3 is 0 Å². The van der Waals surface area contributed by atoms with Crippen LogP contribution in [0.15, 0.2) is 12.2 Å². The summed E-state index contributed by atoms with van der Waals surface area (Å²) in [6, 6.07) is 0.483. The van der Waals surface area contributed by atoms with E-state index in [1.165, 1.54) is 6.42 Å². The van der Waals surface area contributed by atoms with E-state index in [1.54, 1.807) is 0 Å². The van der Waals surface area contributed by atoms with Crippen LogP contribution >= 0.6 is 0 Å². The molecule has 1 fully saturated rings. The molecule has 0 amide bonds. The fraction of sp³-hybridized carbons (Fsp3) is 0.667. The topological polar surface area (TPSA) is 26.0 Å². The van der Waals surface area contributed by atoms with E-state index in [-0.39, 0.29) is 0 Å². The normalized spacial score (nSPS) is 39.7. The molecule has 2 atom stereocenters. The molecule has 2 N–H and O–H groups in total. The van der Waals surface area contributed by atoms with Crippen molar-refractivity contribution < 1.29 is 0 Å². The van der Waals surface area contributed by atoms with Crippen molar-refractivity contribution in [2.45, 2.75) is 19.4 Å². The molecule has 0 aromatic carbocycles. The number of nitrogens with two attached hydrogens (primary N) is 1. The van der Waals surface area contributed by atoms with E-state index in [2.05, 4.69) is 12.2 Å². The van der Waals surface area contributed by atoms with Gasteiger partial charge in [-0.1, -0.05) is 12.2 Å². The molecule has 1 heteroatoms. The fourth-order valence-electron chi connectivity index (χ4n) is 0.704. The van der Waals surface area contributed by atoms with Crippen LogP contribution in [-0.4, -0.2) is 6.04 Å². The SMILES string of the molecule is CC=CC1CC1N. The second-order valence-electron chi connectivity index (χ2n) is 2.09. The minimum atomic E-state index is 0.483. The lowest BCUT2D eigenvalue weighted by Gasteiger charge is -1.76. The highest BCUT2D eigenvalue weighted by atomic mass is 14.7. The van der Waals surface area contributed by atoms with Gasteiger partial charge < -0.3 is 5.73 Å². The van der Waals surface area contributed by atoms with Crippen molar-refractivity contribution in [1.29, 1.82) is 0 Å². The van der Waals surface area contributed by atoms with Crippen LogP contribution < -0.4 is 5.73 Å². The molecule has 2 unspecified atom stereocenters. The molecule has 1 rings (SSSR count). The molecule has 0 saturated heterocycles. The summed E-state index contributed by atoms with van der Waals surface area (Å²) in [4.78, 5) is 0. The average Bonchev–Trinajstić information content (AvgIpc) is 2.22. The Labute approximate surface area is 44.2 Å². The van der Waals surface area contributed by atoms with Crippen molar-refractivity contribution in [3.63, 3.8) is 0 Å². The summed E-state index contributed by atoms with van der Waals surface area (Å²) < 4.78 is 0. The first-order chi connectivity index (χ1) is 3.34. The van der Waals surface area contributed by atoms with Crippen LogP contribution in [0, 0.1) is 5.92 Å². The highest BCUT2D eigenvalue weighted by Gasteiger charge is 2.29. The summed E-state index contributed by atoms with van der Waals surface area (Å²) in [5.74, 6) is 0.713. The van der Waals surface area contributed by atoms with Crippen LogP contribution in [0.1, 0.15) is 13.3 Å². The first-order valence-electron chi connectivity index (χ1n) is 2.73. The summed E-state index contributed by atoms with van der Waals surface area (Å²) in [7, 11) is 0. The Hall–Kier alpha value is -0.300. The Morgan fingerprint density at radius 1 is 1.71 bits per heavy atom. The van der Waals surface area contributed by atoms with Crippen LogP contribution in [-0.2, 0) is 0 Å². The Morgan fingerprint density at radius 2 is 2.29 bits per heavy atom. The third-order valence-electron chi connectivity index (χ3n) is 1.33. The molecule has 40 valence electrons. The largest absolute Gasteiger partial charge is 0.327 e. The molecule has 0 bridgehead atoms. The maximum atomic E-state index is 5.50. The van der Waals surface area contributed by atoms with Gasteiger partial charge in [0.2, 0.25) is 0 Å². The summed E-state index contributed by atoms with van der Waals surface area (Å²) in [5.41, 5.74) is 5.50. The average molecular weight is 97.2 g/mol. The summed E-state index contributed by atoms with van der Waals surface area (Å²) in [5, 5.41) is 0. The second-order valence-corrected chi connectivity index (χ2v) is 2.09. The lowest BCUT2D eigenvalue weighted by Crippen LogP contribution is -1.99. The quantitative estimate of drug-likeness (QED) is 0.483. The predicted molar refractivity (Wildman–Crippen MR) is 30.9 cm³/mol. The summed E-state index contributed by atoms with van der Waals surface area (Å²) >= 11 is 0. The molecule has 0 heterocycles. The van der Waals surface area contributed by atoms with Gasteiger partial charge in [0.05, 0.1) is 0 Å². The third kappa shape index (κ3) is 1.03. The molecular weight excluding hydrogens is 86.1 g/mol. The van der Waals surface area contributed by atoms with Crippen molar-refractivity contribution in [3.05, 3.63) is 12.2 Å². The van der Waals surface area contributed by atoms with Crippen molar-refractivity contribution in [2.24, 2.45) is 11.7 Å². The van der Waals surface area contributed by atoms with Gasteiger partial charge in [-0.3, -0.25) is 0 Å². The molecular formula is C6H11N. The molecule has 0 spiro atoms. The number of rotatable bonds is 1. The smallest absolute Gasteiger partial charge is 0.0109 e. The zero-order valence-corrected chi connectivity index (χ0v) is 4.59. The lowest BCUT2D eigenvalue weighted by atomic mass is 10.4. The number of allylic oxidation sites excluding steroid dienone is 1. The zero-order valence-electron chi connectivity index (χ0n) is 4.59. The predicted octanol–water partition coefficient (Wildman–Crippen LogP) is 0.910. The van der Waals surface area contributed by atoms with Crippen molar-refractivity contribution in [1.82, 2.24) is 0 Å². The van der Waals surface area contributed by atoms with E-state index in [0.29, 0.717) is 12.0 Å². The molecule has 0 aromatic heterocycles. The first-order valence-corrected chi connectivity index (χ1v) is 2.73. The van der Waals surface area contributed by atoms with Crippen LogP contribution in [0.3, 0.4) is 0 Å². The standard InChI is InChI=1S/C6H11N/c1-2-3-5-4-6(5)7/h2-3,5-6H,4,7H2,1H3. The van der Waals surface area contributed by atoms with Crippen LogP contribution in [0.4, 0.5) is 0 Å². The van der Waals surface area contributed by atoms with Crippen molar-refractivity contribution >= 4 is 0 Å². The lowest BCUT2D eigenvalue weighted by molar-refractivity contribution is 0.974. The number of hydrogen-bond donors (Lipinski definition) is 1. The second kappa shape index (κ2) is 1.66.